The van der Waals surface area contributed by atoms with Crippen molar-refractivity contribution in [3.8, 4) is 0 Å². The number of ether oxygens (including phenoxy) is 1. The standard InChI is InChI=1S/C13H21N3O/c1-8-6-9(2)15-12(14-8)16-10-7-11(17-5)13(10,3)4/h6,10-11H,7H2,1-5H3,(H,14,15,16). The third kappa shape index (κ3) is 2.27. The summed E-state index contributed by atoms with van der Waals surface area (Å²) in [5.41, 5.74) is 2.14. The van der Waals surface area contributed by atoms with E-state index in [2.05, 4.69) is 29.1 Å². The van der Waals surface area contributed by atoms with Crippen molar-refractivity contribution in [3.05, 3.63) is 17.5 Å². The number of rotatable bonds is 3. The van der Waals surface area contributed by atoms with Crippen LogP contribution >= 0.6 is 0 Å². The maximum Gasteiger partial charge on any atom is 0.223 e. The average Bonchev–Trinajstić information content (AvgIpc) is 2.22. The van der Waals surface area contributed by atoms with Gasteiger partial charge in [0.05, 0.1) is 6.10 Å². The van der Waals surface area contributed by atoms with Gasteiger partial charge in [-0.15, -0.1) is 0 Å². The second-order valence-electron chi connectivity index (χ2n) is 5.45. The first-order chi connectivity index (χ1) is 7.93. The highest BCUT2D eigenvalue weighted by Gasteiger charge is 2.48. The molecule has 0 spiro atoms. The van der Waals surface area contributed by atoms with Gasteiger partial charge in [0.15, 0.2) is 0 Å². The van der Waals surface area contributed by atoms with Crippen molar-refractivity contribution < 1.29 is 4.74 Å². The van der Waals surface area contributed by atoms with Gasteiger partial charge in [0, 0.05) is 30.0 Å². The first kappa shape index (κ1) is 12.3. The predicted octanol–water partition coefficient (Wildman–Crippen LogP) is 2.32. The molecule has 2 unspecified atom stereocenters. The first-order valence-electron chi connectivity index (χ1n) is 6.05. The number of nitrogens with zero attached hydrogens (tertiary/aromatic N) is 2. The van der Waals surface area contributed by atoms with Crippen LogP contribution < -0.4 is 5.32 Å². The predicted molar refractivity (Wildman–Crippen MR) is 68.1 cm³/mol. The number of nitrogens with one attached hydrogen (secondary N) is 1. The van der Waals surface area contributed by atoms with Gasteiger partial charge in [0.2, 0.25) is 5.95 Å². The van der Waals surface area contributed by atoms with Crippen LogP contribution in [0.2, 0.25) is 0 Å². The molecule has 0 saturated heterocycles. The minimum absolute atomic E-state index is 0.135. The van der Waals surface area contributed by atoms with Crippen molar-refractivity contribution in [2.75, 3.05) is 12.4 Å². The lowest BCUT2D eigenvalue weighted by atomic mass is 9.64. The molecule has 94 valence electrons. The maximum absolute atomic E-state index is 5.44. The highest BCUT2D eigenvalue weighted by atomic mass is 16.5. The van der Waals surface area contributed by atoms with Crippen LogP contribution in [0.3, 0.4) is 0 Å². The van der Waals surface area contributed by atoms with Gasteiger partial charge >= 0.3 is 0 Å². The Labute approximate surface area is 103 Å². The Morgan fingerprint density at radius 2 is 1.88 bits per heavy atom. The normalized spacial score (nSPS) is 26.4. The molecule has 1 N–H and O–H groups in total. The Morgan fingerprint density at radius 1 is 1.29 bits per heavy atom. The summed E-state index contributed by atoms with van der Waals surface area (Å²) >= 11 is 0. The second-order valence-corrected chi connectivity index (χ2v) is 5.45. The molecular formula is C13H21N3O. The highest BCUT2D eigenvalue weighted by Crippen LogP contribution is 2.43. The third-order valence-corrected chi connectivity index (χ3v) is 3.75. The van der Waals surface area contributed by atoms with Gasteiger partial charge in [-0.25, -0.2) is 9.97 Å². The maximum atomic E-state index is 5.44. The molecule has 0 aliphatic heterocycles. The number of aromatic nitrogens is 2. The van der Waals surface area contributed by atoms with E-state index < -0.39 is 0 Å². The van der Waals surface area contributed by atoms with E-state index in [0.717, 1.165) is 23.8 Å². The number of hydrogen-bond acceptors (Lipinski definition) is 4. The molecule has 4 nitrogen and oxygen atoms in total. The van der Waals surface area contributed by atoms with Crippen molar-refractivity contribution in [3.63, 3.8) is 0 Å². The van der Waals surface area contributed by atoms with Gasteiger partial charge in [0.1, 0.15) is 0 Å². The second kappa shape index (κ2) is 4.26. The van der Waals surface area contributed by atoms with E-state index in [1.54, 1.807) is 7.11 Å². The average molecular weight is 235 g/mol. The van der Waals surface area contributed by atoms with Gasteiger partial charge in [0.25, 0.3) is 0 Å². The van der Waals surface area contributed by atoms with Gasteiger partial charge in [-0.1, -0.05) is 13.8 Å². The van der Waals surface area contributed by atoms with E-state index in [1.807, 2.05) is 19.9 Å². The number of anilines is 1. The summed E-state index contributed by atoms with van der Waals surface area (Å²) in [7, 11) is 1.77. The van der Waals surface area contributed by atoms with Crippen LogP contribution in [0.5, 0.6) is 0 Å². The van der Waals surface area contributed by atoms with Crippen molar-refractivity contribution in [2.24, 2.45) is 5.41 Å². The molecule has 0 amide bonds. The molecule has 2 rings (SSSR count). The zero-order valence-electron chi connectivity index (χ0n) is 11.2. The van der Waals surface area contributed by atoms with E-state index in [4.69, 9.17) is 4.74 Å². The zero-order chi connectivity index (χ0) is 12.6. The van der Waals surface area contributed by atoms with Crippen LogP contribution in [-0.2, 0) is 4.74 Å². The Kier molecular flexibility index (Phi) is 3.08. The lowest BCUT2D eigenvalue weighted by Crippen LogP contribution is -2.57. The Morgan fingerprint density at radius 3 is 2.35 bits per heavy atom. The summed E-state index contributed by atoms with van der Waals surface area (Å²) in [6.45, 7) is 8.41. The quantitative estimate of drug-likeness (QED) is 0.873. The Bertz CT molecular complexity index is 397. The van der Waals surface area contributed by atoms with Gasteiger partial charge < -0.3 is 10.1 Å². The molecule has 4 heteroatoms. The van der Waals surface area contributed by atoms with E-state index in [0.29, 0.717) is 12.1 Å². The molecule has 1 heterocycles. The lowest BCUT2D eigenvalue weighted by Gasteiger charge is -2.51. The number of aryl methyl sites for hydroxylation is 2. The van der Waals surface area contributed by atoms with Crippen LogP contribution in [0.25, 0.3) is 0 Å². The molecular weight excluding hydrogens is 214 g/mol. The molecule has 2 atom stereocenters. The molecule has 0 radical (unpaired) electrons. The summed E-state index contributed by atoms with van der Waals surface area (Å²) in [5, 5.41) is 3.41. The zero-order valence-corrected chi connectivity index (χ0v) is 11.2. The van der Waals surface area contributed by atoms with Crippen LogP contribution in [0, 0.1) is 19.3 Å². The summed E-state index contributed by atoms with van der Waals surface area (Å²) in [5.74, 6) is 0.732. The SMILES string of the molecule is COC1CC(Nc2nc(C)cc(C)n2)C1(C)C. The molecule has 17 heavy (non-hydrogen) atoms. The van der Waals surface area contributed by atoms with E-state index in [1.165, 1.54) is 0 Å². The summed E-state index contributed by atoms with van der Waals surface area (Å²) in [6.07, 6.45) is 1.34. The monoisotopic (exact) mass is 235 g/mol. The third-order valence-electron chi connectivity index (χ3n) is 3.75. The molecule has 1 aromatic heterocycles. The Balaban J connectivity index is 2.08. The molecule has 1 aromatic rings. The minimum atomic E-state index is 0.135. The number of hydrogen-bond donors (Lipinski definition) is 1. The van der Waals surface area contributed by atoms with Crippen molar-refractivity contribution >= 4 is 5.95 Å². The van der Waals surface area contributed by atoms with Crippen molar-refractivity contribution in [2.45, 2.75) is 46.3 Å². The fraction of sp³-hybridized carbons (Fsp3) is 0.692. The summed E-state index contributed by atoms with van der Waals surface area (Å²) in [4.78, 5) is 8.82. The largest absolute Gasteiger partial charge is 0.381 e. The van der Waals surface area contributed by atoms with Crippen LogP contribution in [-0.4, -0.2) is 29.2 Å². The summed E-state index contributed by atoms with van der Waals surface area (Å²) in [6, 6.07) is 2.36. The van der Waals surface area contributed by atoms with E-state index in [-0.39, 0.29) is 5.41 Å². The fourth-order valence-corrected chi connectivity index (χ4v) is 2.48. The van der Waals surface area contributed by atoms with Crippen LogP contribution in [0.4, 0.5) is 5.95 Å². The van der Waals surface area contributed by atoms with E-state index in [9.17, 15) is 0 Å². The highest BCUT2D eigenvalue weighted by molar-refractivity contribution is 5.32. The minimum Gasteiger partial charge on any atom is -0.381 e. The van der Waals surface area contributed by atoms with Crippen LogP contribution in [0.1, 0.15) is 31.7 Å². The molecule has 0 aromatic carbocycles. The lowest BCUT2D eigenvalue weighted by molar-refractivity contribution is -0.0796. The topological polar surface area (TPSA) is 47.0 Å². The van der Waals surface area contributed by atoms with Gasteiger partial charge in [-0.2, -0.15) is 0 Å². The molecule has 0 bridgehead atoms. The van der Waals surface area contributed by atoms with Crippen LogP contribution in [0.15, 0.2) is 6.07 Å². The molecule has 1 aliphatic rings. The van der Waals surface area contributed by atoms with E-state index >= 15 is 0 Å². The molecule has 1 fully saturated rings. The molecule has 1 aliphatic carbocycles. The number of methoxy groups -OCH3 is 1. The van der Waals surface area contributed by atoms with Gasteiger partial charge in [-0.3, -0.25) is 0 Å². The molecule has 1 saturated carbocycles. The van der Waals surface area contributed by atoms with Crippen molar-refractivity contribution in [1.82, 2.24) is 9.97 Å². The Hall–Kier alpha value is -1.16. The van der Waals surface area contributed by atoms with Crippen molar-refractivity contribution in [1.29, 1.82) is 0 Å². The first-order valence-corrected chi connectivity index (χ1v) is 6.05. The van der Waals surface area contributed by atoms with Gasteiger partial charge in [-0.05, 0) is 26.3 Å². The fourth-order valence-electron chi connectivity index (χ4n) is 2.48. The smallest absolute Gasteiger partial charge is 0.223 e. The summed E-state index contributed by atoms with van der Waals surface area (Å²) < 4.78 is 5.44.